The molecule has 2 aliphatic heterocycles. The van der Waals surface area contributed by atoms with Crippen LogP contribution < -0.4 is 20.7 Å². The number of likely N-dealkylation sites (N-methyl/N-ethyl adjacent to an activating group) is 1. The number of carbonyl (C=O) groups is 3. The molecule has 4 amide bonds. The van der Waals surface area contributed by atoms with E-state index in [0.717, 1.165) is 0 Å². The molecular weight excluding hydrogens is 464 g/mol. The minimum atomic E-state index is -0.410. The van der Waals surface area contributed by atoms with Crippen LogP contribution in [0.3, 0.4) is 0 Å². The molecule has 0 bridgehead atoms. The second kappa shape index (κ2) is 11.9. The molecule has 10 heteroatoms. The van der Waals surface area contributed by atoms with Crippen molar-refractivity contribution in [2.75, 3.05) is 44.5 Å². The lowest BCUT2D eigenvalue weighted by atomic mass is 9.94. The molecule has 3 N–H and O–H groups in total. The van der Waals surface area contributed by atoms with Crippen LogP contribution in [0.5, 0.6) is 5.75 Å². The van der Waals surface area contributed by atoms with Gasteiger partial charge in [0.2, 0.25) is 5.91 Å². The number of hydrogen-bond donors (Lipinski definition) is 3. The van der Waals surface area contributed by atoms with Gasteiger partial charge in [-0.25, -0.2) is 4.79 Å². The topological polar surface area (TPSA) is 118 Å². The highest BCUT2D eigenvalue weighted by atomic mass is 16.5. The Kier molecular flexibility index (Phi) is 8.40. The molecule has 2 heterocycles. The van der Waals surface area contributed by atoms with E-state index in [9.17, 15) is 14.4 Å². The van der Waals surface area contributed by atoms with Crippen molar-refractivity contribution in [3.63, 3.8) is 0 Å². The van der Waals surface area contributed by atoms with Gasteiger partial charge in [-0.2, -0.15) is 0 Å². The van der Waals surface area contributed by atoms with E-state index in [2.05, 4.69) is 16.0 Å². The Morgan fingerprint density at radius 2 is 1.86 bits per heavy atom. The summed E-state index contributed by atoms with van der Waals surface area (Å²) in [5, 5.41) is 8.33. The lowest BCUT2D eigenvalue weighted by Crippen LogP contribution is -2.54. The number of para-hydroxylation sites is 1. The summed E-state index contributed by atoms with van der Waals surface area (Å²) >= 11 is 0. The minimum Gasteiger partial charge on any atom is -0.490 e. The lowest BCUT2D eigenvalue weighted by molar-refractivity contribution is -0.134. The molecule has 10 nitrogen and oxygen atoms in total. The summed E-state index contributed by atoms with van der Waals surface area (Å²) in [7, 11) is 3.33. The average Bonchev–Trinajstić information content (AvgIpc) is 2.87. The molecule has 36 heavy (non-hydrogen) atoms. The highest BCUT2D eigenvalue weighted by Crippen LogP contribution is 2.32. The number of anilines is 2. The third-order valence-corrected chi connectivity index (χ3v) is 6.34. The second-order valence-electron chi connectivity index (χ2n) is 8.87. The molecule has 0 aromatic heterocycles. The van der Waals surface area contributed by atoms with Crippen molar-refractivity contribution in [3.8, 4) is 5.75 Å². The zero-order valence-electron chi connectivity index (χ0n) is 20.5. The van der Waals surface area contributed by atoms with Crippen LogP contribution in [0, 0.1) is 0 Å². The number of nitrogens with one attached hydrogen (secondary N) is 3. The lowest BCUT2D eigenvalue weighted by Gasteiger charge is -2.42. The molecule has 2 aromatic carbocycles. The Hall–Kier alpha value is -3.63. The zero-order valence-corrected chi connectivity index (χ0v) is 20.5. The molecule has 4 rings (SSSR count). The van der Waals surface area contributed by atoms with Crippen molar-refractivity contribution in [2.45, 2.75) is 37.5 Å². The Morgan fingerprint density at radius 1 is 1.08 bits per heavy atom. The summed E-state index contributed by atoms with van der Waals surface area (Å²) in [5.41, 5.74) is 1.51. The zero-order chi connectivity index (χ0) is 25.5. The van der Waals surface area contributed by atoms with Crippen LogP contribution in [0.15, 0.2) is 48.5 Å². The fourth-order valence-corrected chi connectivity index (χ4v) is 4.49. The normalized spacial score (nSPS) is 21.2. The summed E-state index contributed by atoms with van der Waals surface area (Å²) in [6.45, 7) is 1.16. The van der Waals surface area contributed by atoms with Crippen LogP contribution in [-0.4, -0.2) is 74.9 Å². The van der Waals surface area contributed by atoms with Gasteiger partial charge in [-0.05, 0) is 43.2 Å². The summed E-state index contributed by atoms with van der Waals surface area (Å²) < 4.78 is 17.1. The summed E-state index contributed by atoms with van der Waals surface area (Å²) in [4.78, 5) is 39.6. The largest absolute Gasteiger partial charge is 0.490 e. The van der Waals surface area contributed by atoms with Gasteiger partial charge in [-0.1, -0.05) is 18.2 Å². The number of nitrogens with zero attached hydrogens (tertiary/aromatic N) is 1. The Bertz CT molecular complexity index is 1080. The van der Waals surface area contributed by atoms with Gasteiger partial charge in [0.05, 0.1) is 30.7 Å². The van der Waals surface area contributed by atoms with Crippen LogP contribution in [0.25, 0.3) is 0 Å². The van der Waals surface area contributed by atoms with Crippen molar-refractivity contribution in [2.24, 2.45) is 0 Å². The van der Waals surface area contributed by atoms with Gasteiger partial charge in [0, 0.05) is 32.1 Å². The van der Waals surface area contributed by atoms with Crippen LogP contribution in [0.1, 0.15) is 29.6 Å². The van der Waals surface area contributed by atoms with Gasteiger partial charge in [0.15, 0.2) is 0 Å². The van der Waals surface area contributed by atoms with Crippen molar-refractivity contribution < 1.29 is 28.6 Å². The molecule has 2 aliphatic rings. The summed E-state index contributed by atoms with van der Waals surface area (Å²) in [6, 6.07) is 13.5. The maximum Gasteiger partial charge on any atom is 0.323 e. The Balaban J connectivity index is 1.40. The number of fused-ring (bicyclic) bond motifs is 2. The first kappa shape index (κ1) is 25.5. The van der Waals surface area contributed by atoms with E-state index in [-0.39, 0.29) is 43.1 Å². The fourth-order valence-electron chi connectivity index (χ4n) is 4.49. The minimum absolute atomic E-state index is 0.0895. The SMILES string of the molecule is COCCNC(=O)C[C@H]1CC[C@H]2[C@@H](COc3ccc(NC(=O)Nc4ccccc4)cc3C(=O)N2C)O1. The molecule has 0 spiro atoms. The first-order chi connectivity index (χ1) is 17.4. The summed E-state index contributed by atoms with van der Waals surface area (Å²) in [6.07, 6.45) is 1.01. The van der Waals surface area contributed by atoms with Crippen LogP contribution >= 0.6 is 0 Å². The van der Waals surface area contributed by atoms with E-state index < -0.39 is 6.03 Å². The van der Waals surface area contributed by atoms with Crippen molar-refractivity contribution in [3.05, 3.63) is 54.1 Å². The molecule has 0 saturated carbocycles. The highest BCUT2D eigenvalue weighted by Gasteiger charge is 2.39. The molecule has 3 atom stereocenters. The van der Waals surface area contributed by atoms with Crippen LogP contribution in [0.4, 0.5) is 16.2 Å². The third-order valence-electron chi connectivity index (χ3n) is 6.34. The highest BCUT2D eigenvalue weighted by molar-refractivity contribution is 6.02. The van der Waals surface area contributed by atoms with Gasteiger partial charge >= 0.3 is 6.03 Å². The van der Waals surface area contributed by atoms with Crippen molar-refractivity contribution in [1.29, 1.82) is 0 Å². The first-order valence-electron chi connectivity index (χ1n) is 12.0. The molecule has 0 aliphatic carbocycles. The number of benzene rings is 2. The molecular formula is C26H32N4O6. The third kappa shape index (κ3) is 6.32. The number of carbonyl (C=O) groups excluding carboxylic acids is 3. The molecule has 0 radical (unpaired) electrons. The quantitative estimate of drug-likeness (QED) is 0.508. The summed E-state index contributed by atoms with van der Waals surface area (Å²) in [5.74, 6) is 0.113. The number of ether oxygens (including phenoxy) is 3. The molecule has 1 saturated heterocycles. The van der Waals surface area contributed by atoms with Crippen molar-refractivity contribution >= 4 is 29.2 Å². The number of rotatable bonds is 7. The Morgan fingerprint density at radius 3 is 2.64 bits per heavy atom. The van der Waals surface area contributed by atoms with E-state index in [1.165, 1.54) is 0 Å². The average molecular weight is 497 g/mol. The predicted octanol–water partition coefficient (Wildman–Crippen LogP) is 2.86. The van der Waals surface area contributed by atoms with E-state index in [1.54, 1.807) is 49.4 Å². The maximum atomic E-state index is 13.4. The molecule has 2 aromatic rings. The number of hydrogen-bond acceptors (Lipinski definition) is 6. The number of methoxy groups -OCH3 is 1. The van der Waals surface area contributed by atoms with Gasteiger partial charge < -0.3 is 35.1 Å². The van der Waals surface area contributed by atoms with E-state index >= 15 is 0 Å². The van der Waals surface area contributed by atoms with Crippen LogP contribution in [-0.2, 0) is 14.3 Å². The van der Waals surface area contributed by atoms with Gasteiger partial charge in [0.25, 0.3) is 5.91 Å². The second-order valence-corrected chi connectivity index (χ2v) is 8.87. The number of amides is 4. The maximum absolute atomic E-state index is 13.4. The Labute approximate surface area is 210 Å². The fraction of sp³-hybridized carbons (Fsp3) is 0.423. The van der Waals surface area contributed by atoms with Crippen molar-refractivity contribution in [1.82, 2.24) is 10.2 Å². The van der Waals surface area contributed by atoms with Crippen LogP contribution in [0.2, 0.25) is 0 Å². The molecule has 0 unspecified atom stereocenters. The van der Waals surface area contributed by atoms with E-state index in [0.29, 0.717) is 48.7 Å². The van der Waals surface area contributed by atoms with E-state index in [1.807, 2.05) is 18.2 Å². The van der Waals surface area contributed by atoms with Gasteiger partial charge in [0.1, 0.15) is 18.5 Å². The first-order valence-corrected chi connectivity index (χ1v) is 12.0. The smallest absolute Gasteiger partial charge is 0.323 e. The van der Waals surface area contributed by atoms with Gasteiger partial charge in [-0.3, -0.25) is 9.59 Å². The monoisotopic (exact) mass is 496 g/mol. The van der Waals surface area contributed by atoms with E-state index in [4.69, 9.17) is 14.2 Å². The molecule has 192 valence electrons. The number of urea groups is 1. The predicted molar refractivity (Wildman–Crippen MR) is 134 cm³/mol. The van der Waals surface area contributed by atoms with Gasteiger partial charge in [-0.15, -0.1) is 0 Å². The standard InChI is InChI=1S/C26H32N4O6/c1-30-21-10-9-19(15-24(31)27-12-13-34-2)36-23(21)16-35-22-11-8-18(14-20(22)25(30)32)29-26(33)28-17-6-4-3-5-7-17/h3-8,11,14,19,21,23H,9-10,12-13,15-16H2,1-2H3,(H,27,31)(H2,28,29,33)/t19-,21+,23-/m1/s1. The molecule has 1 fully saturated rings.